The van der Waals surface area contributed by atoms with Crippen molar-refractivity contribution in [3.8, 4) is 0 Å². The molecule has 0 aliphatic carbocycles. The van der Waals surface area contributed by atoms with Crippen molar-refractivity contribution >= 4 is 38.7 Å². The smallest absolute Gasteiger partial charge is 0.291 e. The van der Waals surface area contributed by atoms with Crippen molar-refractivity contribution < 1.29 is 4.79 Å². The molecule has 28 heavy (non-hydrogen) atoms. The van der Waals surface area contributed by atoms with Gasteiger partial charge >= 0.3 is 0 Å². The molecule has 2 aromatic carbocycles. The average Bonchev–Trinajstić information content (AvgIpc) is 2.71. The van der Waals surface area contributed by atoms with Gasteiger partial charge in [-0.15, -0.1) is 0 Å². The van der Waals surface area contributed by atoms with Crippen LogP contribution in [0.4, 0.5) is 5.82 Å². The SMILES string of the molecule is O=C(NCc1cccc(Br)c1)C1CCCN(c2nc3ccccc3[nH]c2=O)C1. The Kier molecular flexibility index (Phi) is 5.43. The zero-order chi connectivity index (χ0) is 19.5. The Bertz CT molecular complexity index is 1070. The molecule has 1 unspecified atom stereocenters. The number of piperidine rings is 1. The fraction of sp³-hybridized carbons (Fsp3) is 0.286. The van der Waals surface area contributed by atoms with Crippen LogP contribution in [0.25, 0.3) is 11.0 Å². The third kappa shape index (κ3) is 4.09. The van der Waals surface area contributed by atoms with Gasteiger partial charge in [0, 0.05) is 24.1 Å². The van der Waals surface area contributed by atoms with E-state index in [2.05, 4.69) is 31.2 Å². The zero-order valence-corrected chi connectivity index (χ0v) is 16.9. The number of fused-ring (bicyclic) bond motifs is 1. The summed E-state index contributed by atoms with van der Waals surface area (Å²) in [7, 11) is 0. The van der Waals surface area contributed by atoms with Crippen molar-refractivity contribution in [2.75, 3.05) is 18.0 Å². The molecule has 144 valence electrons. The number of aromatic amines is 1. The van der Waals surface area contributed by atoms with Crippen molar-refractivity contribution in [3.05, 3.63) is 68.9 Å². The monoisotopic (exact) mass is 440 g/mol. The van der Waals surface area contributed by atoms with E-state index in [9.17, 15) is 9.59 Å². The number of anilines is 1. The van der Waals surface area contributed by atoms with E-state index in [1.165, 1.54) is 0 Å². The number of carbonyl (C=O) groups excluding carboxylic acids is 1. The summed E-state index contributed by atoms with van der Waals surface area (Å²) in [6.45, 7) is 1.71. The van der Waals surface area contributed by atoms with Crippen molar-refractivity contribution in [2.24, 2.45) is 5.92 Å². The first kappa shape index (κ1) is 18.7. The van der Waals surface area contributed by atoms with Gasteiger partial charge < -0.3 is 15.2 Å². The lowest BCUT2D eigenvalue weighted by molar-refractivity contribution is -0.125. The molecular weight excluding hydrogens is 420 g/mol. The Morgan fingerprint density at radius 2 is 2.11 bits per heavy atom. The zero-order valence-electron chi connectivity index (χ0n) is 15.3. The Morgan fingerprint density at radius 3 is 2.96 bits per heavy atom. The minimum absolute atomic E-state index is 0.0156. The molecule has 1 atom stereocenters. The molecule has 0 spiro atoms. The standard InChI is InChI=1S/C21H21BrN4O2/c22-16-7-3-5-14(11-16)12-23-20(27)15-6-4-10-26(13-15)19-21(28)25-18-9-2-1-8-17(18)24-19/h1-3,5,7-9,11,15H,4,6,10,12-13H2,(H,23,27)(H,25,28). The highest BCUT2D eigenvalue weighted by Gasteiger charge is 2.27. The molecule has 6 nitrogen and oxygen atoms in total. The first-order chi connectivity index (χ1) is 13.6. The van der Waals surface area contributed by atoms with Gasteiger partial charge in [0.25, 0.3) is 5.56 Å². The molecule has 7 heteroatoms. The number of hydrogen-bond acceptors (Lipinski definition) is 4. The second kappa shape index (κ2) is 8.14. The van der Waals surface area contributed by atoms with Gasteiger partial charge in [0.15, 0.2) is 5.82 Å². The molecule has 1 fully saturated rings. The maximum atomic E-state index is 12.7. The summed E-state index contributed by atoms with van der Waals surface area (Å²) < 4.78 is 0.990. The van der Waals surface area contributed by atoms with Crippen molar-refractivity contribution in [1.82, 2.24) is 15.3 Å². The quantitative estimate of drug-likeness (QED) is 0.652. The highest BCUT2D eigenvalue weighted by atomic mass is 79.9. The summed E-state index contributed by atoms with van der Waals surface area (Å²) >= 11 is 3.44. The third-order valence-electron chi connectivity index (χ3n) is 5.03. The van der Waals surface area contributed by atoms with E-state index < -0.39 is 0 Å². The largest absolute Gasteiger partial charge is 0.352 e. The molecule has 0 bridgehead atoms. The van der Waals surface area contributed by atoms with Crippen molar-refractivity contribution in [1.29, 1.82) is 0 Å². The van der Waals surface area contributed by atoms with Crippen LogP contribution in [-0.2, 0) is 11.3 Å². The van der Waals surface area contributed by atoms with Crippen LogP contribution in [0.2, 0.25) is 0 Å². The van der Waals surface area contributed by atoms with Gasteiger partial charge in [0.1, 0.15) is 0 Å². The normalized spacial score (nSPS) is 16.9. The summed E-state index contributed by atoms with van der Waals surface area (Å²) in [5.41, 5.74) is 2.30. The Labute approximate surface area is 171 Å². The van der Waals surface area contributed by atoms with Crippen LogP contribution in [0.15, 0.2) is 57.8 Å². The lowest BCUT2D eigenvalue weighted by Crippen LogP contribution is -2.44. The number of rotatable bonds is 4. The second-order valence-electron chi connectivity index (χ2n) is 7.04. The molecule has 3 aromatic rings. The predicted molar refractivity (Wildman–Crippen MR) is 113 cm³/mol. The van der Waals surface area contributed by atoms with Crippen molar-refractivity contribution in [3.63, 3.8) is 0 Å². The molecule has 1 amide bonds. The molecule has 2 heterocycles. The van der Waals surface area contributed by atoms with Crippen LogP contribution in [0.1, 0.15) is 18.4 Å². The molecule has 0 radical (unpaired) electrons. The molecule has 1 saturated heterocycles. The summed E-state index contributed by atoms with van der Waals surface area (Å²) in [5.74, 6) is 0.249. The Hall–Kier alpha value is -2.67. The van der Waals surface area contributed by atoms with Gasteiger partial charge in [-0.25, -0.2) is 4.98 Å². The molecular formula is C21H21BrN4O2. The van der Waals surface area contributed by atoms with Crippen LogP contribution >= 0.6 is 15.9 Å². The average molecular weight is 441 g/mol. The molecule has 1 aliphatic rings. The summed E-state index contributed by atoms with van der Waals surface area (Å²) in [6.07, 6.45) is 1.66. The summed E-state index contributed by atoms with van der Waals surface area (Å²) in [5, 5.41) is 3.02. The first-order valence-corrected chi connectivity index (χ1v) is 10.2. The Morgan fingerprint density at radius 1 is 1.25 bits per heavy atom. The number of nitrogens with zero attached hydrogens (tertiary/aromatic N) is 2. The van der Waals surface area contributed by atoms with E-state index in [1.807, 2.05) is 53.4 Å². The van der Waals surface area contributed by atoms with E-state index >= 15 is 0 Å². The summed E-state index contributed by atoms with van der Waals surface area (Å²) in [4.78, 5) is 34.5. The van der Waals surface area contributed by atoms with E-state index in [4.69, 9.17) is 0 Å². The number of carbonyl (C=O) groups is 1. The molecule has 2 N–H and O–H groups in total. The lowest BCUT2D eigenvalue weighted by atomic mass is 9.97. The number of benzene rings is 2. The highest BCUT2D eigenvalue weighted by Crippen LogP contribution is 2.21. The van der Waals surface area contributed by atoms with Crippen LogP contribution < -0.4 is 15.8 Å². The fourth-order valence-electron chi connectivity index (χ4n) is 3.60. The number of nitrogens with one attached hydrogen (secondary N) is 2. The minimum Gasteiger partial charge on any atom is -0.352 e. The highest BCUT2D eigenvalue weighted by molar-refractivity contribution is 9.10. The number of hydrogen-bond donors (Lipinski definition) is 2. The number of amides is 1. The van der Waals surface area contributed by atoms with E-state index in [-0.39, 0.29) is 17.4 Å². The number of aromatic nitrogens is 2. The third-order valence-corrected chi connectivity index (χ3v) is 5.52. The summed E-state index contributed by atoms with van der Waals surface area (Å²) in [6, 6.07) is 15.4. The van der Waals surface area contributed by atoms with Crippen LogP contribution in [0.3, 0.4) is 0 Å². The number of H-pyrrole nitrogens is 1. The molecule has 1 aliphatic heterocycles. The van der Waals surface area contributed by atoms with Crippen LogP contribution in [-0.4, -0.2) is 29.0 Å². The minimum atomic E-state index is -0.214. The molecule has 1 aromatic heterocycles. The maximum Gasteiger partial charge on any atom is 0.291 e. The van der Waals surface area contributed by atoms with Gasteiger partial charge in [0.05, 0.1) is 17.0 Å². The lowest BCUT2D eigenvalue weighted by Gasteiger charge is -2.32. The van der Waals surface area contributed by atoms with Crippen LogP contribution in [0.5, 0.6) is 0 Å². The Balaban J connectivity index is 1.46. The van der Waals surface area contributed by atoms with Gasteiger partial charge in [0.2, 0.25) is 5.91 Å². The van der Waals surface area contributed by atoms with Gasteiger partial charge in [-0.2, -0.15) is 0 Å². The van der Waals surface area contributed by atoms with Gasteiger partial charge in [-0.1, -0.05) is 40.2 Å². The van der Waals surface area contributed by atoms with Gasteiger partial charge in [-0.05, 0) is 42.7 Å². The topological polar surface area (TPSA) is 78.1 Å². The molecule has 4 rings (SSSR count). The van der Waals surface area contributed by atoms with E-state index in [0.717, 1.165) is 40.5 Å². The van der Waals surface area contributed by atoms with Gasteiger partial charge in [-0.3, -0.25) is 9.59 Å². The number of halogens is 1. The van der Waals surface area contributed by atoms with E-state index in [0.29, 0.717) is 18.9 Å². The maximum absolute atomic E-state index is 12.7. The first-order valence-electron chi connectivity index (χ1n) is 9.36. The fourth-order valence-corrected chi connectivity index (χ4v) is 4.04. The predicted octanol–water partition coefficient (Wildman–Crippen LogP) is 3.22. The van der Waals surface area contributed by atoms with E-state index in [1.54, 1.807) is 0 Å². The van der Waals surface area contributed by atoms with Crippen LogP contribution in [0, 0.1) is 5.92 Å². The second-order valence-corrected chi connectivity index (χ2v) is 7.96. The van der Waals surface area contributed by atoms with Crippen molar-refractivity contribution in [2.45, 2.75) is 19.4 Å². The molecule has 0 saturated carbocycles. The number of para-hydroxylation sites is 2.